The van der Waals surface area contributed by atoms with Crippen molar-refractivity contribution in [3.05, 3.63) is 90.8 Å². The van der Waals surface area contributed by atoms with Crippen LogP contribution in [0.1, 0.15) is 5.56 Å². The normalized spacial score (nSPS) is 11.0. The van der Waals surface area contributed by atoms with Crippen LogP contribution in [-0.4, -0.2) is 6.21 Å². The minimum atomic E-state index is -4.94. The van der Waals surface area contributed by atoms with Gasteiger partial charge in [-0.15, -0.1) is 10.2 Å². The molecule has 6 nitrogen and oxygen atoms in total. The molecular weight excluding hydrogens is 344 g/mol. The van der Waals surface area contributed by atoms with Crippen LogP contribution in [0.5, 0.6) is 0 Å². The molecule has 0 aliphatic carbocycles. The highest BCUT2D eigenvalue weighted by Gasteiger charge is 2.09. The van der Waals surface area contributed by atoms with Crippen LogP contribution in [0, 0.1) is 10.2 Å². The zero-order valence-corrected chi connectivity index (χ0v) is 13.8. The first-order valence-electron chi connectivity index (χ1n) is 7.20. The lowest BCUT2D eigenvalue weighted by Gasteiger charge is -2.17. The first-order chi connectivity index (χ1) is 11.9. The summed E-state index contributed by atoms with van der Waals surface area (Å²) < 4.78 is 36.0. The van der Waals surface area contributed by atoms with Gasteiger partial charge in [0.15, 0.2) is 12.4 Å². The third kappa shape index (κ3) is 7.21. The summed E-state index contributed by atoms with van der Waals surface area (Å²) in [5.41, 5.74) is 3.12. The molecule has 1 aromatic heterocycles. The number of rotatable bonds is 3. The molecule has 0 spiro atoms. The molecule has 0 amide bonds. The fraction of sp³-hybridized carbons (Fsp3) is 0. The van der Waals surface area contributed by atoms with Gasteiger partial charge in [0.05, 0.1) is 0 Å². The minimum absolute atomic E-state index is 0.951. The lowest BCUT2D eigenvalue weighted by Crippen LogP contribution is -2.68. The number of aromatic nitrogens is 1. The van der Waals surface area contributed by atoms with E-state index in [4.69, 9.17) is 18.6 Å². The Morgan fingerprint density at radius 2 is 1.24 bits per heavy atom. The largest absolute Gasteiger partial charge is 0.249 e. The fourth-order valence-corrected chi connectivity index (χ4v) is 2.03. The Morgan fingerprint density at radius 1 is 0.720 bits per heavy atom. The number of aliphatic imine (C=N–C) groups is 1. The molecule has 3 aromatic rings. The van der Waals surface area contributed by atoms with E-state index < -0.39 is 10.2 Å². The van der Waals surface area contributed by atoms with E-state index in [9.17, 15) is 0 Å². The smallest absolute Gasteiger partial charge is 0.236 e. The first-order valence-corrected chi connectivity index (χ1v) is 8.43. The molecule has 0 N–H and O–H groups in total. The molecule has 128 valence electrons. The average Bonchev–Trinajstić information content (AvgIpc) is 2.60. The summed E-state index contributed by atoms with van der Waals surface area (Å²) in [5.74, 6) is 0. The van der Waals surface area contributed by atoms with Crippen molar-refractivity contribution in [2.75, 3.05) is 0 Å². The van der Waals surface area contributed by atoms with Gasteiger partial charge in [0.2, 0.25) is 5.69 Å². The predicted molar refractivity (Wildman–Crippen MR) is 81.7 cm³/mol. The first kappa shape index (κ1) is 18.7. The molecule has 0 aliphatic heterocycles. The SMILES string of the molecule is C(=Nc1ccccc1-[n+]1ccccc1)c1ccccc1.[O-][Cl+3]([O-])([O-])[O-]. The third-order valence-electron chi connectivity index (χ3n) is 3.03. The van der Waals surface area contributed by atoms with Gasteiger partial charge in [-0.3, -0.25) is 0 Å². The molecular formula is C18H15ClN2O4. The van der Waals surface area contributed by atoms with Crippen molar-refractivity contribution in [2.24, 2.45) is 4.99 Å². The maximum Gasteiger partial charge on any atom is 0.236 e. The van der Waals surface area contributed by atoms with Gasteiger partial charge >= 0.3 is 0 Å². The molecule has 25 heavy (non-hydrogen) atoms. The van der Waals surface area contributed by atoms with Gasteiger partial charge in [0, 0.05) is 24.4 Å². The van der Waals surface area contributed by atoms with Crippen molar-refractivity contribution in [2.45, 2.75) is 0 Å². The summed E-state index contributed by atoms with van der Waals surface area (Å²) in [6.45, 7) is 0. The van der Waals surface area contributed by atoms with Crippen molar-refractivity contribution in [3.8, 4) is 5.69 Å². The minimum Gasteiger partial charge on any atom is -0.249 e. The van der Waals surface area contributed by atoms with Crippen LogP contribution in [0.15, 0.2) is 90.2 Å². The number of hydrogen-bond donors (Lipinski definition) is 0. The van der Waals surface area contributed by atoms with Crippen molar-refractivity contribution >= 4 is 11.9 Å². The Kier molecular flexibility index (Phi) is 6.76. The van der Waals surface area contributed by atoms with Crippen LogP contribution < -0.4 is 23.2 Å². The molecule has 1 heterocycles. The Hall–Kier alpha value is -2.61. The molecule has 7 heteroatoms. The highest BCUT2D eigenvalue weighted by atomic mass is 35.7. The molecule has 0 atom stereocenters. The monoisotopic (exact) mass is 358 g/mol. The third-order valence-corrected chi connectivity index (χ3v) is 3.03. The summed E-state index contributed by atoms with van der Waals surface area (Å²) in [6, 6.07) is 24.3. The van der Waals surface area contributed by atoms with Crippen LogP contribution in [0.3, 0.4) is 0 Å². The molecule has 2 aromatic carbocycles. The van der Waals surface area contributed by atoms with Gasteiger partial charge in [-0.05, 0) is 11.6 Å². The van der Waals surface area contributed by atoms with E-state index in [2.05, 4.69) is 15.6 Å². The molecule has 0 fully saturated rings. The van der Waals surface area contributed by atoms with E-state index in [1.165, 1.54) is 0 Å². The van der Waals surface area contributed by atoms with Gasteiger partial charge in [-0.1, -0.05) is 48.5 Å². The standard InChI is InChI=1S/C18H15N2.ClHO4/c1-3-9-16(10-4-1)15-19-17-11-5-6-12-18(17)20-13-7-2-8-14-20;2-1(3,4)5/h1-15H;(H,2,3,4,5)/q+1;/p-1. The van der Waals surface area contributed by atoms with Crippen molar-refractivity contribution in [3.63, 3.8) is 0 Å². The molecule has 0 bridgehead atoms. The number of hydrogen-bond acceptors (Lipinski definition) is 5. The highest BCUT2D eigenvalue weighted by Crippen LogP contribution is 2.18. The van der Waals surface area contributed by atoms with E-state index in [0.717, 1.165) is 16.9 Å². The lowest BCUT2D eigenvalue weighted by atomic mass is 10.2. The zero-order valence-electron chi connectivity index (χ0n) is 13.1. The van der Waals surface area contributed by atoms with Crippen LogP contribution in [0.4, 0.5) is 5.69 Å². The number of nitrogens with zero attached hydrogens (tertiary/aromatic N) is 2. The van der Waals surface area contributed by atoms with Crippen LogP contribution in [0.25, 0.3) is 5.69 Å². The van der Waals surface area contributed by atoms with Crippen molar-refractivity contribution in [1.82, 2.24) is 0 Å². The summed E-state index contributed by atoms with van der Waals surface area (Å²) in [5, 5.41) is 0. The average molecular weight is 359 g/mol. The second-order valence-corrected chi connectivity index (χ2v) is 5.57. The van der Waals surface area contributed by atoms with E-state index in [1.807, 2.05) is 85.3 Å². The van der Waals surface area contributed by atoms with Crippen LogP contribution >= 0.6 is 0 Å². The Bertz CT molecular complexity index is 800. The van der Waals surface area contributed by atoms with Crippen molar-refractivity contribution < 1.29 is 33.4 Å². The lowest BCUT2D eigenvalue weighted by molar-refractivity contribution is -2.00. The maximum absolute atomic E-state index is 8.49. The van der Waals surface area contributed by atoms with Gasteiger partial charge in [-0.2, -0.15) is 4.57 Å². The maximum atomic E-state index is 8.49. The van der Waals surface area contributed by atoms with Gasteiger partial charge in [0.1, 0.15) is 5.69 Å². The molecule has 0 aliphatic rings. The molecule has 3 rings (SSSR count). The summed E-state index contributed by atoms with van der Waals surface area (Å²) in [4.78, 5) is 4.61. The van der Waals surface area contributed by atoms with Crippen LogP contribution in [-0.2, 0) is 0 Å². The van der Waals surface area contributed by atoms with Gasteiger partial charge < -0.3 is 0 Å². The number of para-hydroxylation sites is 2. The van der Waals surface area contributed by atoms with E-state index in [1.54, 1.807) is 0 Å². The summed E-state index contributed by atoms with van der Waals surface area (Å²) in [6.07, 6.45) is 5.94. The number of pyridine rings is 1. The summed E-state index contributed by atoms with van der Waals surface area (Å²) in [7, 11) is -4.94. The topological polar surface area (TPSA) is 108 Å². The van der Waals surface area contributed by atoms with Gasteiger partial charge in [0.25, 0.3) is 0 Å². The quantitative estimate of drug-likeness (QED) is 0.440. The predicted octanol–water partition coefficient (Wildman–Crippen LogP) is -1.04. The van der Waals surface area contributed by atoms with Crippen LogP contribution in [0.2, 0.25) is 0 Å². The molecule has 0 radical (unpaired) electrons. The van der Waals surface area contributed by atoms with E-state index in [0.29, 0.717) is 0 Å². The summed E-state index contributed by atoms with van der Waals surface area (Å²) >= 11 is 0. The molecule has 0 saturated heterocycles. The second kappa shape index (κ2) is 9.03. The second-order valence-electron chi connectivity index (χ2n) is 4.82. The zero-order chi connectivity index (χ0) is 18.1. The fourth-order valence-electron chi connectivity index (χ4n) is 2.03. The molecule has 0 saturated carbocycles. The van der Waals surface area contributed by atoms with E-state index in [-0.39, 0.29) is 0 Å². The Labute approximate surface area is 147 Å². The highest BCUT2D eigenvalue weighted by molar-refractivity contribution is 5.82. The molecule has 0 unspecified atom stereocenters. The van der Waals surface area contributed by atoms with Gasteiger partial charge in [-0.25, -0.2) is 23.6 Å². The van der Waals surface area contributed by atoms with E-state index >= 15 is 0 Å². The Morgan fingerprint density at radius 3 is 1.88 bits per heavy atom. The van der Waals surface area contributed by atoms with Crippen molar-refractivity contribution in [1.29, 1.82) is 0 Å². The number of benzene rings is 2. The Balaban J connectivity index is 0.000000399. The number of halogens is 1.